The van der Waals surface area contributed by atoms with Gasteiger partial charge in [-0.05, 0) is 35.4 Å². The van der Waals surface area contributed by atoms with Crippen molar-refractivity contribution in [1.29, 1.82) is 0 Å². The average Bonchev–Trinajstić information content (AvgIpc) is 2.94. The Morgan fingerprint density at radius 2 is 1.58 bits per heavy atom. The van der Waals surface area contributed by atoms with Crippen LogP contribution in [0.1, 0.15) is 0 Å². The predicted octanol–water partition coefficient (Wildman–Crippen LogP) is 2.43. The van der Waals surface area contributed by atoms with E-state index in [1.54, 1.807) is 0 Å². The minimum Gasteiger partial charge on any atom is -0.473 e. The minimum absolute atomic E-state index is 0.0430. The second-order valence-electron chi connectivity index (χ2n) is 4.29. The molecule has 1 aliphatic heterocycles. The largest absolute Gasteiger partial charge is 0.473 e. The maximum atomic E-state index is 5.74. The summed E-state index contributed by atoms with van der Waals surface area (Å²) in [6.45, 7) is 0.731. The molecule has 2 aromatic carbocycles. The van der Waals surface area contributed by atoms with Gasteiger partial charge in [0.25, 0.3) is 0 Å². The second-order valence-corrected chi connectivity index (χ2v) is 5.20. The molecule has 98 valence electrons. The number of nitrogens with one attached hydrogen (secondary N) is 3. The Bertz CT molecular complexity index is 536. The van der Waals surface area contributed by atoms with Crippen molar-refractivity contribution in [2.45, 2.75) is 6.23 Å². The van der Waals surface area contributed by atoms with E-state index in [1.807, 2.05) is 24.3 Å². The summed E-state index contributed by atoms with van der Waals surface area (Å²) in [4.78, 5) is 0. The van der Waals surface area contributed by atoms with Crippen molar-refractivity contribution < 1.29 is 4.74 Å². The number of hydrogen-bond acceptors (Lipinski definition) is 4. The standard InChI is InChI=1S/C14H14BrN3O/c15-12-5-1-10(2-6-12)11-3-7-13(8-4-11)19-14-9-16-18-17-14/h1-8,14,16-18H,9H2. The van der Waals surface area contributed by atoms with Crippen molar-refractivity contribution in [3.63, 3.8) is 0 Å². The first-order valence-electron chi connectivity index (χ1n) is 6.07. The molecule has 0 amide bonds. The van der Waals surface area contributed by atoms with Gasteiger partial charge in [0.15, 0.2) is 6.23 Å². The SMILES string of the molecule is Brc1ccc(-c2ccc(OC3CNNN3)cc2)cc1. The first kappa shape index (κ1) is 12.6. The molecule has 0 spiro atoms. The molecule has 1 heterocycles. The Morgan fingerprint density at radius 3 is 2.16 bits per heavy atom. The van der Waals surface area contributed by atoms with Gasteiger partial charge in [0.2, 0.25) is 0 Å². The third-order valence-electron chi connectivity index (χ3n) is 2.92. The fourth-order valence-corrected chi connectivity index (χ4v) is 2.19. The molecule has 0 aliphatic carbocycles. The van der Waals surface area contributed by atoms with Crippen molar-refractivity contribution in [2.75, 3.05) is 6.54 Å². The molecule has 4 nitrogen and oxygen atoms in total. The summed E-state index contributed by atoms with van der Waals surface area (Å²) in [7, 11) is 0. The lowest BCUT2D eigenvalue weighted by molar-refractivity contribution is 0.191. The number of hydrazine groups is 2. The minimum atomic E-state index is -0.0430. The van der Waals surface area contributed by atoms with Gasteiger partial charge in [0.05, 0.1) is 6.54 Å². The van der Waals surface area contributed by atoms with E-state index in [-0.39, 0.29) is 6.23 Å². The third kappa shape index (κ3) is 3.13. The number of benzene rings is 2. The van der Waals surface area contributed by atoms with Gasteiger partial charge in [0.1, 0.15) is 5.75 Å². The van der Waals surface area contributed by atoms with Gasteiger partial charge in [-0.1, -0.05) is 40.2 Å². The molecule has 5 heteroatoms. The monoisotopic (exact) mass is 319 g/mol. The molecule has 1 atom stereocenters. The molecular formula is C14H14BrN3O. The highest BCUT2D eigenvalue weighted by Gasteiger charge is 2.14. The Labute approximate surface area is 120 Å². The van der Waals surface area contributed by atoms with Gasteiger partial charge in [-0.2, -0.15) is 5.53 Å². The molecule has 19 heavy (non-hydrogen) atoms. The smallest absolute Gasteiger partial charge is 0.177 e. The van der Waals surface area contributed by atoms with Gasteiger partial charge >= 0.3 is 0 Å². The van der Waals surface area contributed by atoms with Gasteiger partial charge in [0, 0.05) is 4.47 Å². The van der Waals surface area contributed by atoms with Crippen LogP contribution in [0.15, 0.2) is 53.0 Å². The van der Waals surface area contributed by atoms with Gasteiger partial charge in [-0.3, -0.25) is 0 Å². The molecule has 0 saturated carbocycles. The molecule has 1 fully saturated rings. The highest BCUT2D eigenvalue weighted by Crippen LogP contribution is 2.24. The fourth-order valence-electron chi connectivity index (χ4n) is 1.93. The molecule has 1 aliphatic rings. The Morgan fingerprint density at radius 1 is 0.947 bits per heavy atom. The Kier molecular flexibility index (Phi) is 3.79. The van der Waals surface area contributed by atoms with E-state index in [2.05, 4.69) is 56.6 Å². The number of rotatable bonds is 3. The molecule has 0 bridgehead atoms. The number of ether oxygens (including phenoxy) is 1. The van der Waals surface area contributed by atoms with Crippen LogP contribution in [0.25, 0.3) is 11.1 Å². The highest BCUT2D eigenvalue weighted by atomic mass is 79.9. The normalized spacial score (nSPS) is 18.5. The third-order valence-corrected chi connectivity index (χ3v) is 3.45. The quantitative estimate of drug-likeness (QED) is 0.813. The van der Waals surface area contributed by atoms with Crippen molar-refractivity contribution >= 4 is 15.9 Å². The second kappa shape index (κ2) is 5.71. The van der Waals surface area contributed by atoms with Crippen LogP contribution in [0.4, 0.5) is 0 Å². The van der Waals surface area contributed by atoms with Crippen LogP contribution in [-0.4, -0.2) is 12.8 Å². The zero-order chi connectivity index (χ0) is 13.1. The van der Waals surface area contributed by atoms with Gasteiger partial charge in [-0.15, -0.1) is 0 Å². The maximum absolute atomic E-state index is 5.74. The molecule has 3 rings (SSSR count). The first-order chi connectivity index (χ1) is 9.31. The molecule has 3 N–H and O–H groups in total. The van der Waals surface area contributed by atoms with Gasteiger partial charge < -0.3 is 4.74 Å². The lowest BCUT2D eigenvalue weighted by atomic mass is 10.1. The first-order valence-corrected chi connectivity index (χ1v) is 6.87. The summed E-state index contributed by atoms with van der Waals surface area (Å²) < 4.78 is 6.83. The van der Waals surface area contributed by atoms with Crippen LogP contribution in [0, 0.1) is 0 Å². The van der Waals surface area contributed by atoms with Gasteiger partial charge in [-0.25, -0.2) is 10.9 Å². The van der Waals surface area contributed by atoms with E-state index in [0.29, 0.717) is 0 Å². The number of halogens is 1. The van der Waals surface area contributed by atoms with E-state index in [4.69, 9.17) is 4.74 Å². The summed E-state index contributed by atoms with van der Waals surface area (Å²) >= 11 is 3.44. The zero-order valence-corrected chi connectivity index (χ0v) is 11.8. The van der Waals surface area contributed by atoms with Crippen LogP contribution >= 0.6 is 15.9 Å². The maximum Gasteiger partial charge on any atom is 0.177 e. The van der Waals surface area contributed by atoms with E-state index >= 15 is 0 Å². The van der Waals surface area contributed by atoms with E-state index in [1.165, 1.54) is 11.1 Å². The fraction of sp³-hybridized carbons (Fsp3) is 0.143. The topological polar surface area (TPSA) is 45.3 Å². The summed E-state index contributed by atoms with van der Waals surface area (Å²) in [5, 5.41) is 0. The van der Waals surface area contributed by atoms with Crippen molar-refractivity contribution in [3.8, 4) is 16.9 Å². The Balaban J connectivity index is 1.72. The average molecular weight is 320 g/mol. The van der Waals surface area contributed by atoms with Crippen LogP contribution in [-0.2, 0) is 0 Å². The molecule has 0 radical (unpaired) electrons. The lowest BCUT2D eigenvalue weighted by Gasteiger charge is -2.12. The van der Waals surface area contributed by atoms with E-state index in [9.17, 15) is 0 Å². The lowest BCUT2D eigenvalue weighted by Crippen LogP contribution is -2.36. The highest BCUT2D eigenvalue weighted by molar-refractivity contribution is 9.10. The van der Waals surface area contributed by atoms with Crippen molar-refractivity contribution in [3.05, 3.63) is 53.0 Å². The Hall–Kier alpha value is -1.40. The zero-order valence-electron chi connectivity index (χ0n) is 10.2. The summed E-state index contributed by atoms with van der Waals surface area (Å²) in [5.74, 6) is 0.851. The van der Waals surface area contributed by atoms with E-state index < -0.39 is 0 Å². The molecule has 2 aromatic rings. The predicted molar refractivity (Wildman–Crippen MR) is 78.3 cm³/mol. The van der Waals surface area contributed by atoms with E-state index in [0.717, 1.165) is 16.8 Å². The summed E-state index contributed by atoms with van der Waals surface area (Å²) in [6.07, 6.45) is -0.0430. The molecule has 1 saturated heterocycles. The van der Waals surface area contributed by atoms with Crippen LogP contribution in [0.2, 0.25) is 0 Å². The van der Waals surface area contributed by atoms with Crippen LogP contribution in [0.5, 0.6) is 5.75 Å². The summed E-state index contributed by atoms with van der Waals surface area (Å²) in [5.41, 5.74) is 11.1. The van der Waals surface area contributed by atoms with Crippen LogP contribution in [0.3, 0.4) is 0 Å². The summed E-state index contributed by atoms with van der Waals surface area (Å²) in [6, 6.07) is 16.4. The molecule has 0 aromatic heterocycles. The number of hydrogen-bond donors (Lipinski definition) is 3. The van der Waals surface area contributed by atoms with Crippen molar-refractivity contribution in [1.82, 2.24) is 16.4 Å². The molecule has 1 unspecified atom stereocenters. The van der Waals surface area contributed by atoms with Crippen LogP contribution < -0.4 is 21.1 Å². The molecular weight excluding hydrogens is 306 g/mol. The van der Waals surface area contributed by atoms with Crippen molar-refractivity contribution in [2.24, 2.45) is 0 Å².